The van der Waals surface area contributed by atoms with Crippen molar-refractivity contribution in [1.29, 1.82) is 0 Å². The number of nitrogens with zero attached hydrogens (tertiary/aromatic N) is 2. The lowest BCUT2D eigenvalue weighted by Gasteiger charge is -2.40. The molecule has 0 spiro atoms. The smallest absolute Gasteiger partial charge is 0.306 e. The first-order valence-electron chi connectivity index (χ1n) is 25.9. The summed E-state index contributed by atoms with van der Waals surface area (Å²) in [4.78, 5) is 28.0. The Hall–Kier alpha value is -5.74. The molecule has 0 bridgehead atoms. The maximum atomic E-state index is 12.3. The minimum atomic E-state index is -4.75. The first-order valence-corrected chi connectivity index (χ1v) is 28.8. The van der Waals surface area contributed by atoms with Gasteiger partial charge in [-0.2, -0.15) is 16.8 Å². The molecule has 6 rings (SSSR count). The Morgan fingerprint density at radius 3 is 1.18 bits per heavy atom. The molecule has 0 aromatic heterocycles. The molecule has 4 atom stereocenters. The highest BCUT2D eigenvalue weighted by molar-refractivity contribution is 7.87. The van der Waals surface area contributed by atoms with Crippen LogP contribution in [0.1, 0.15) is 115 Å². The van der Waals surface area contributed by atoms with Crippen LogP contribution in [0.25, 0.3) is 10.8 Å². The van der Waals surface area contributed by atoms with Crippen LogP contribution in [0, 0.1) is 11.8 Å². The minimum absolute atomic E-state index is 0.139. The first kappa shape index (κ1) is 62.8. The highest BCUT2D eigenvalue weighted by atomic mass is 32.2. The van der Waals surface area contributed by atoms with Crippen molar-refractivity contribution in [3.05, 3.63) is 179 Å². The summed E-state index contributed by atoms with van der Waals surface area (Å²) in [5, 5.41) is 0.517. The van der Waals surface area contributed by atoms with Crippen LogP contribution in [0.3, 0.4) is 0 Å². The first-order chi connectivity index (χ1) is 35.4. The van der Waals surface area contributed by atoms with E-state index < -0.39 is 46.6 Å². The summed E-state index contributed by atoms with van der Waals surface area (Å²) >= 11 is 0. The topological polar surface area (TPSA) is 168 Å². The fraction of sp³-hybridized carbons (Fsp3) is 0.419. The third-order valence-electron chi connectivity index (χ3n) is 13.4. The van der Waals surface area contributed by atoms with Crippen LogP contribution in [0.15, 0.2) is 155 Å². The van der Waals surface area contributed by atoms with Gasteiger partial charge in [0.25, 0.3) is 20.2 Å². The van der Waals surface area contributed by atoms with E-state index in [1.165, 1.54) is 17.2 Å². The van der Waals surface area contributed by atoms with Crippen LogP contribution >= 0.6 is 0 Å². The Bertz CT molecular complexity index is 2930. The lowest BCUT2D eigenvalue weighted by Crippen LogP contribution is -2.44. The maximum Gasteiger partial charge on any atom is 0.306 e. The maximum absolute atomic E-state index is 12.3. The number of carbonyl (C=O) groups excluding carboxylic acids is 2. The predicted octanol–water partition coefficient (Wildman–Crippen LogP) is 12.5. The number of esters is 2. The molecule has 0 saturated heterocycles. The molecule has 412 valence electrons. The van der Waals surface area contributed by atoms with Gasteiger partial charge in [0.05, 0.1) is 4.90 Å². The van der Waals surface area contributed by atoms with Gasteiger partial charge in [0, 0.05) is 61.6 Å². The van der Waals surface area contributed by atoms with Gasteiger partial charge in [-0.05, 0) is 78.3 Å². The average molecular weight is 1080 g/mol. The number of ether oxygens (including phenoxy) is 2. The van der Waals surface area contributed by atoms with Crippen molar-refractivity contribution >= 4 is 42.9 Å². The summed E-state index contributed by atoms with van der Waals surface area (Å²) < 4.78 is 80.2. The number of benzene rings is 6. The van der Waals surface area contributed by atoms with E-state index in [9.17, 15) is 35.5 Å². The molecule has 4 unspecified atom stereocenters. The Kier molecular flexibility index (Phi) is 21.9. The summed E-state index contributed by atoms with van der Waals surface area (Å²) in [5.74, 6) is -0.0445. The average Bonchev–Trinajstić information content (AvgIpc) is 3.35. The Balaban J connectivity index is 0.000000246. The molecule has 0 saturated carbocycles. The molecule has 0 amide bonds. The largest absolute Gasteiger partial charge is 0.453 e. The second-order valence-electron chi connectivity index (χ2n) is 22.3. The number of rotatable bonds is 18. The van der Waals surface area contributed by atoms with Gasteiger partial charge in [-0.3, -0.25) is 18.7 Å². The van der Waals surface area contributed by atoms with E-state index in [2.05, 4.69) is 100 Å². The third-order valence-corrected chi connectivity index (χ3v) is 15.2. The fourth-order valence-electron chi connectivity index (χ4n) is 9.69. The zero-order valence-electron chi connectivity index (χ0n) is 47.1. The molecule has 0 heterocycles. The summed E-state index contributed by atoms with van der Waals surface area (Å²) in [6.45, 7) is 20.4. The van der Waals surface area contributed by atoms with E-state index in [0.717, 1.165) is 29.8 Å². The molecule has 0 aliphatic carbocycles. The van der Waals surface area contributed by atoms with Crippen LogP contribution < -0.4 is 0 Å². The highest BCUT2D eigenvalue weighted by Gasteiger charge is 2.43. The predicted molar refractivity (Wildman–Crippen MR) is 306 cm³/mol. The molecule has 0 aliphatic rings. The van der Waals surface area contributed by atoms with Crippen LogP contribution in [-0.2, 0) is 74.2 Å². The van der Waals surface area contributed by atoms with Gasteiger partial charge in [-0.1, -0.05) is 209 Å². The van der Waals surface area contributed by atoms with Gasteiger partial charge in [0.1, 0.15) is 16.1 Å². The van der Waals surface area contributed by atoms with Crippen LogP contribution in [0.5, 0.6) is 0 Å². The summed E-state index contributed by atoms with van der Waals surface area (Å²) in [6, 6.07) is 47.1. The van der Waals surface area contributed by atoms with Gasteiger partial charge in [0.2, 0.25) is 0 Å². The monoisotopic (exact) mass is 1080 g/mol. The van der Waals surface area contributed by atoms with Crippen LogP contribution in [0.4, 0.5) is 0 Å². The number of hydrogen-bond donors (Lipinski definition) is 2. The fourth-order valence-corrected chi connectivity index (χ4v) is 11.8. The molecule has 12 nitrogen and oxygen atoms in total. The number of hydrogen-bond acceptors (Lipinski definition) is 10. The number of carbonyl (C=O) groups is 2. The molecule has 6 aromatic carbocycles. The van der Waals surface area contributed by atoms with Crippen molar-refractivity contribution in [2.75, 3.05) is 41.3 Å². The van der Waals surface area contributed by atoms with Gasteiger partial charge in [-0.15, -0.1) is 0 Å². The quantitative estimate of drug-likeness (QED) is 0.0618. The molecule has 14 heteroatoms. The van der Waals surface area contributed by atoms with E-state index in [0.29, 0.717) is 31.1 Å². The van der Waals surface area contributed by atoms with E-state index >= 15 is 0 Å². The zero-order chi connectivity index (χ0) is 56.9. The number of fused-ring (bicyclic) bond motifs is 1. The molecule has 0 aliphatic heterocycles. The third kappa shape index (κ3) is 16.9. The summed E-state index contributed by atoms with van der Waals surface area (Å²) in [6.07, 6.45) is 2.08. The van der Waals surface area contributed by atoms with E-state index in [4.69, 9.17) is 9.47 Å². The van der Waals surface area contributed by atoms with Crippen molar-refractivity contribution in [2.24, 2.45) is 11.8 Å². The van der Waals surface area contributed by atoms with Crippen molar-refractivity contribution < 1.29 is 45.0 Å². The lowest BCUT2D eigenvalue weighted by atomic mass is 9.77. The SMILES string of the molecule is CC(C)(C)c1ccc2c(S(=O)(=O)O)c(C(C)(C)C)c(S(=O)(=O)O)cc2c1.CCC(=O)OC(Cc1ccccc1)(c1ccccc1)C(C)CN(C)C.CCC(=O)OC(Cc1ccccc1)(c1ccccc1)C(C)CN(C)C. The van der Waals surface area contributed by atoms with Crippen LogP contribution in [-0.4, -0.2) is 89.0 Å². The second kappa shape index (κ2) is 26.5. The molecule has 6 aromatic rings. The Morgan fingerprint density at radius 2 is 0.882 bits per heavy atom. The van der Waals surface area contributed by atoms with Crippen molar-refractivity contribution in [3.63, 3.8) is 0 Å². The van der Waals surface area contributed by atoms with E-state index in [1.807, 2.05) is 107 Å². The standard InChI is InChI=1S/2C22H29NO2.C18H24O6S2/c2*1-5-21(24)25-22(18(2)17-23(3)4,20-14-10-7-11-15-20)16-19-12-8-6-9-13-19;1-17(2,3)12-7-8-13-11(9-12)10-14(25(19,20)21)15(18(4,5)6)16(13)26(22,23)24/h2*6-15,18H,5,16-17H2,1-4H3;7-10H,1-6H3,(H,19,20,21)(H,22,23,24). The zero-order valence-corrected chi connectivity index (χ0v) is 48.8. The van der Waals surface area contributed by atoms with Crippen molar-refractivity contribution in [1.82, 2.24) is 9.80 Å². The molecule has 0 fully saturated rings. The lowest BCUT2D eigenvalue weighted by molar-refractivity contribution is -0.169. The molecule has 76 heavy (non-hydrogen) atoms. The van der Waals surface area contributed by atoms with Crippen molar-refractivity contribution in [3.8, 4) is 0 Å². The summed E-state index contributed by atoms with van der Waals surface area (Å²) in [7, 11) is -1.26. The molecule has 2 N–H and O–H groups in total. The molecular formula is C62H82N2O10S2. The Labute approximate surface area is 454 Å². The van der Waals surface area contributed by atoms with Crippen molar-refractivity contribution in [2.45, 2.75) is 127 Å². The molecule has 0 radical (unpaired) electrons. The van der Waals surface area contributed by atoms with Gasteiger partial charge in [0.15, 0.2) is 0 Å². The van der Waals surface area contributed by atoms with E-state index in [1.54, 1.807) is 39.0 Å². The molecular weight excluding hydrogens is 997 g/mol. The van der Waals surface area contributed by atoms with Gasteiger partial charge >= 0.3 is 11.9 Å². The van der Waals surface area contributed by atoms with E-state index in [-0.39, 0.29) is 40.1 Å². The highest BCUT2D eigenvalue weighted by Crippen LogP contribution is 2.42. The van der Waals surface area contributed by atoms with Gasteiger partial charge < -0.3 is 19.3 Å². The minimum Gasteiger partial charge on any atom is -0.453 e. The summed E-state index contributed by atoms with van der Waals surface area (Å²) in [5.41, 5.74) is 2.57. The normalized spacial score (nSPS) is 14.5. The van der Waals surface area contributed by atoms with Crippen LogP contribution in [0.2, 0.25) is 0 Å². The van der Waals surface area contributed by atoms with Gasteiger partial charge in [-0.25, -0.2) is 0 Å². The Morgan fingerprint density at radius 1 is 0.513 bits per heavy atom. The second-order valence-corrected chi connectivity index (χ2v) is 25.0.